The van der Waals surface area contributed by atoms with Gasteiger partial charge < -0.3 is 10.1 Å². The van der Waals surface area contributed by atoms with E-state index in [4.69, 9.17) is 4.74 Å². The topological polar surface area (TPSA) is 21.3 Å². The van der Waals surface area contributed by atoms with E-state index in [2.05, 4.69) is 5.32 Å². The minimum atomic E-state index is -2.56. The van der Waals surface area contributed by atoms with E-state index in [1.165, 1.54) is 12.1 Å². The molecule has 0 aliphatic rings. The third-order valence-corrected chi connectivity index (χ3v) is 2.25. The van der Waals surface area contributed by atoms with Crippen LogP contribution in [0.5, 0.6) is 5.75 Å². The van der Waals surface area contributed by atoms with Gasteiger partial charge in [-0.15, -0.1) is 0 Å². The monoisotopic (exact) mass is 233 g/mol. The van der Waals surface area contributed by atoms with E-state index in [0.717, 1.165) is 6.07 Å². The molecule has 0 radical (unpaired) electrons. The molecule has 1 N–H and O–H groups in total. The molecule has 0 saturated heterocycles. The second-order valence-corrected chi connectivity index (χ2v) is 3.40. The van der Waals surface area contributed by atoms with Crippen LogP contribution >= 0.6 is 0 Å². The van der Waals surface area contributed by atoms with Gasteiger partial charge in [-0.1, -0.05) is 6.07 Å². The maximum absolute atomic E-state index is 13.5. The van der Waals surface area contributed by atoms with E-state index in [1.54, 1.807) is 14.0 Å². The van der Waals surface area contributed by atoms with Crippen LogP contribution in [0.2, 0.25) is 0 Å². The van der Waals surface area contributed by atoms with Crippen molar-refractivity contribution in [3.63, 3.8) is 0 Å². The molecule has 0 amide bonds. The van der Waals surface area contributed by atoms with Crippen molar-refractivity contribution in [1.82, 2.24) is 5.32 Å². The zero-order valence-electron chi connectivity index (χ0n) is 9.14. The van der Waals surface area contributed by atoms with Crippen LogP contribution < -0.4 is 10.1 Å². The molecule has 0 heterocycles. The molecule has 1 atom stereocenters. The normalized spacial score (nSPS) is 12.9. The Hall–Kier alpha value is -1.23. The van der Waals surface area contributed by atoms with Gasteiger partial charge in [0.15, 0.2) is 0 Å². The summed E-state index contributed by atoms with van der Waals surface area (Å²) in [5.41, 5.74) is 0.479. The minimum Gasteiger partial charge on any atom is -0.488 e. The van der Waals surface area contributed by atoms with Crippen molar-refractivity contribution in [2.24, 2.45) is 0 Å². The van der Waals surface area contributed by atoms with Crippen LogP contribution in [0, 0.1) is 5.82 Å². The van der Waals surface area contributed by atoms with E-state index < -0.39 is 18.8 Å². The van der Waals surface area contributed by atoms with Gasteiger partial charge in [0.2, 0.25) is 0 Å². The summed E-state index contributed by atoms with van der Waals surface area (Å²) >= 11 is 0. The molecule has 16 heavy (non-hydrogen) atoms. The molecule has 2 nitrogen and oxygen atoms in total. The second kappa shape index (κ2) is 5.75. The van der Waals surface area contributed by atoms with Crippen LogP contribution in [-0.2, 0) is 0 Å². The highest BCUT2D eigenvalue weighted by Gasteiger charge is 2.11. The Labute approximate surface area is 92.4 Å². The Kier molecular flexibility index (Phi) is 4.61. The number of halogens is 3. The van der Waals surface area contributed by atoms with Crippen molar-refractivity contribution < 1.29 is 17.9 Å². The molecule has 0 aromatic heterocycles. The summed E-state index contributed by atoms with van der Waals surface area (Å²) < 4.78 is 41.9. The first-order chi connectivity index (χ1) is 7.54. The largest absolute Gasteiger partial charge is 0.488 e. The fourth-order valence-corrected chi connectivity index (χ4v) is 1.26. The van der Waals surface area contributed by atoms with Crippen molar-refractivity contribution in [2.75, 3.05) is 13.7 Å². The Balaban J connectivity index is 2.74. The number of ether oxygens (including phenoxy) is 1. The summed E-state index contributed by atoms with van der Waals surface area (Å²) in [5.74, 6) is -0.349. The SMILES string of the molecule is CNC(C)c1ccc(OCC(F)F)cc1F. The molecule has 1 rings (SSSR count). The van der Waals surface area contributed by atoms with Crippen LogP contribution in [0.4, 0.5) is 13.2 Å². The lowest BCUT2D eigenvalue weighted by molar-refractivity contribution is 0.0817. The van der Waals surface area contributed by atoms with E-state index in [-0.39, 0.29) is 11.8 Å². The first kappa shape index (κ1) is 12.8. The first-order valence-corrected chi connectivity index (χ1v) is 4.92. The molecule has 1 unspecified atom stereocenters. The van der Waals surface area contributed by atoms with Crippen molar-refractivity contribution in [3.8, 4) is 5.75 Å². The van der Waals surface area contributed by atoms with Crippen molar-refractivity contribution in [2.45, 2.75) is 19.4 Å². The molecule has 0 aliphatic carbocycles. The number of hydrogen-bond acceptors (Lipinski definition) is 2. The number of hydrogen-bond donors (Lipinski definition) is 1. The molecule has 0 aliphatic heterocycles. The molecular formula is C11H14F3NO. The van der Waals surface area contributed by atoms with E-state index in [1.807, 2.05) is 0 Å². The standard InChI is InChI=1S/C11H14F3NO/c1-7(15-2)9-4-3-8(5-10(9)12)16-6-11(13)14/h3-5,7,11,15H,6H2,1-2H3. The van der Waals surface area contributed by atoms with Gasteiger partial charge in [0.1, 0.15) is 18.2 Å². The lowest BCUT2D eigenvalue weighted by atomic mass is 10.1. The average molecular weight is 233 g/mol. The van der Waals surface area contributed by atoms with Gasteiger partial charge in [-0.3, -0.25) is 0 Å². The third kappa shape index (κ3) is 3.41. The van der Waals surface area contributed by atoms with Gasteiger partial charge in [-0.2, -0.15) is 0 Å². The predicted octanol–water partition coefficient (Wildman–Crippen LogP) is 2.75. The summed E-state index contributed by atoms with van der Waals surface area (Å²) in [6, 6.07) is 3.99. The number of benzene rings is 1. The fraction of sp³-hybridized carbons (Fsp3) is 0.455. The summed E-state index contributed by atoms with van der Waals surface area (Å²) in [6.45, 7) is 1.08. The average Bonchev–Trinajstić information content (AvgIpc) is 2.25. The second-order valence-electron chi connectivity index (χ2n) is 3.40. The quantitative estimate of drug-likeness (QED) is 0.844. The summed E-state index contributed by atoms with van der Waals surface area (Å²) in [5, 5.41) is 2.89. The third-order valence-electron chi connectivity index (χ3n) is 2.25. The minimum absolute atomic E-state index is 0.116. The van der Waals surface area contributed by atoms with E-state index in [9.17, 15) is 13.2 Å². The molecule has 5 heteroatoms. The molecule has 0 spiro atoms. The molecule has 90 valence electrons. The van der Waals surface area contributed by atoms with Gasteiger partial charge in [0, 0.05) is 17.7 Å². The van der Waals surface area contributed by atoms with Crippen LogP contribution in [0.25, 0.3) is 0 Å². The van der Waals surface area contributed by atoms with Crippen molar-refractivity contribution in [1.29, 1.82) is 0 Å². The van der Waals surface area contributed by atoms with Gasteiger partial charge in [-0.25, -0.2) is 13.2 Å². The molecule has 0 saturated carbocycles. The van der Waals surface area contributed by atoms with Gasteiger partial charge >= 0.3 is 0 Å². The lowest BCUT2D eigenvalue weighted by Crippen LogP contribution is -2.14. The van der Waals surface area contributed by atoms with Crippen LogP contribution in [-0.4, -0.2) is 20.1 Å². The number of rotatable bonds is 5. The summed E-state index contributed by atoms with van der Waals surface area (Å²) in [4.78, 5) is 0. The van der Waals surface area contributed by atoms with Gasteiger partial charge in [0.05, 0.1) is 0 Å². The van der Waals surface area contributed by atoms with Crippen molar-refractivity contribution in [3.05, 3.63) is 29.6 Å². The Morgan fingerprint density at radius 2 is 2.06 bits per heavy atom. The van der Waals surface area contributed by atoms with Crippen LogP contribution in [0.1, 0.15) is 18.5 Å². The Morgan fingerprint density at radius 3 is 2.56 bits per heavy atom. The van der Waals surface area contributed by atoms with Gasteiger partial charge in [-0.05, 0) is 20.0 Å². The fourth-order valence-electron chi connectivity index (χ4n) is 1.26. The zero-order chi connectivity index (χ0) is 12.1. The number of alkyl halides is 2. The lowest BCUT2D eigenvalue weighted by Gasteiger charge is -2.13. The summed E-state index contributed by atoms with van der Waals surface area (Å²) in [6.07, 6.45) is -2.56. The Morgan fingerprint density at radius 1 is 1.38 bits per heavy atom. The maximum Gasteiger partial charge on any atom is 0.272 e. The zero-order valence-corrected chi connectivity index (χ0v) is 9.14. The molecular weight excluding hydrogens is 219 g/mol. The van der Waals surface area contributed by atoms with Crippen molar-refractivity contribution >= 4 is 0 Å². The maximum atomic E-state index is 13.5. The smallest absolute Gasteiger partial charge is 0.272 e. The highest BCUT2D eigenvalue weighted by Crippen LogP contribution is 2.21. The number of nitrogens with one attached hydrogen (secondary N) is 1. The highest BCUT2D eigenvalue weighted by molar-refractivity contribution is 5.30. The summed E-state index contributed by atoms with van der Waals surface area (Å²) in [7, 11) is 1.71. The van der Waals surface area contributed by atoms with Gasteiger partial charge in [0.25, 0.3) is 6.43 Å². The molecule has 0 fully saturated rings. The highest BCUT2D eigenvalue weighted by atomic mass is 19.3. The predicted molar refractivity (Wildman–Crippen MR) is 55.4 cm³/mol. The van der Waals surface area contributed by atoms with E-state index in [0.29, 0.717) is 5.56 Å². The van der Waals surface area contributed by atoms with E-state index >= 15 is 0 Å². The molecule has 1 aromatic carbocycles. The first-order valence-electron chi connectivity index (χ1n) is 4.92. The Bertz CT molecular complexity index is 344. The molecule has 0 bridgehead atoms. The van der Waals surface area contributed by atoms with Crippen LogP contribution in [0.15, 0.2) is 18.2 Å². The van der Waals surface area contributed by atoms with Crippen LogP contribution in [0.3, 0.4) is 0 Å². The molecule has 1 aromatic rings.